The second-order valence-electron chi connectivity index (χ2n) is 19.5. The van der Waals surface area contributed by atoms with Crippen LogP contribution in [0.1, 0.15) is 232 Å². The number of aliphatic carboxylic acids is 1. The highest BCUT2D eigenvalue weighted by Gasteiger charge is 2.31. The van der Waals surface area contributed by atoms with E-state index in [1.807, 2.05) is 21.1 Å². The van der Waals surface area contributed by atoms with Gasteiger partial charge in [0.2, 0.25) is 0 Å². The zero-order chi connectivity index (χ0) is 49.2. The number of carboxylic acids is 1. The summed E-state index contributed by atoms with van der Waals surface area (Å²) < 4.78 is 17.4. The van der Waals surface area contributed by atoms with E-state index < -0.39 is 18.1 Å². The number of carbonyl (C=O) groups excluding carboxylic acids is 2. The maximum Gasteiger partial charge on any atom is 0.362 e. The lowest BCUT2D eigenvalue weighted by atomic mass is 10.0. The molecule has 67 heavy (non-hydrogen) atoms. The number of allylic oxidation sites excluding steroid dienone is 12. The molecule has 0 rings (SSSR count). The predicted octanol–water partition coefficient (Wildman–Crippen LogP) is 16.3. The molecule has 0 aliphatic rings. The molecule has 8 heteroatoms. The van der Waals surface area contributed by atoms with E-state index in [4.69, 9.17) is 14.2 Å². The topological polar surface area (TPSA) is 99.1 Å². The van der Waals surface area contributed by atoms with E-state index in [9.17, 15) is 19.5 Å². The van der Waals surface area contributed by atoms with Gasteiger partial charge in [0.25, 0.3) is 0 Å². The first-order chi connectivity index (χ1) is 32.6. The first-order valence-electron chi connectivity index (χ1n) is 27.5. The van der Waals surface area contributed by atoms with Crippen LogP contribution in [0.5, 0.6) is 0 Å². The van der Waals surface area contributed by atoms with E-state index in [1.54, 1.807) is 0 Å². The minimum atomic E-state index is -0.876. The number of ether oxygens (including phenoxy) is 3. The molecule has 386 valence electrons. The molecule has 0 aliphatic heterocycles. The maximum atomic E-state index is 12.8. The Balaban J connectivity index is 4.21. The van der Waals surface area contributed by atoms with Crippen LogP contribution in [-0.4, -0.2) is 80.6 Å². The van der Waals surface area contributed by atoms with Gasteiger partial charge < -0.3 is 23.8 Å². The molecule has 0 heterocycles. The van der Waals surface area contributed by atoms with Gasteiger partial charge in [0, 0.05) is 19.3 Å². The van der Waals surface area contributed by atoms with Crippen molar-refractivity contribution in [3.8, 4) is 0 Å². The van der Waals surface area contributed by atoms with Crippen molar-refractivity contribution in [2.24, 2.45) is 0 Å². The predicted molar refractivity (Wildman–Crippen MR) is 284 cm³/mol. The van der Waals surface area contributed by atoms with Crippen molar-refractivity contribution in [3.63, 3.8) is 0 Å². The number of quaternary nitrogens is 1. The lowest BCUT2D eigenvalue weighted by molar-refractivity contribution is -0.887. The molecule has 8 nitrogen and oxygen atoms in total. The van der Waals surface area contributed by atoms with Crippen molar-refractivity contribution in [1.82, 2.24) is 0 Å². The number of carboxylic acid groups (broad SMARTS) is 1. The first kappa shape index (κ1) is 63.8. The molecule has 0 saturated carbocycles. The Morgan fingerprint density at radius 1 is 0.463 bits per heavy atom. The molecule has 2 unspecified atom stereocenters. The number of unbranched alkanes of at least 4 members (excludes halogenated alkanes) is 23. The zero-order valence-electron chi connectivity index (χ0n) is 44.1. The number of carbonyl (C=O) groups is 3. The summed E-state index contributed by atoms with van der Waals surface area (Å²) in [6.45, 7) is 4.61. The fourth-order valence-corrected chi connectivity index (χ4v) is 7.88. The van der Waals surface area contributed by atoms with Gasteiger partial charge in [0.05, 0.1) is 34.4 Å². The summed E-state index contributed by atoms with van der Waals surface area (Å²) in [6, 6.07) is -0.619. The normalized spacial score (nSPS) is 13.4. The molecule has 0 aromatic carbocycles. The largest absolute Gasteiger partial charge is 0.477 e. The van der Waals surface area contributed by atoms with Gasteiger partial charge in [-0.25, -0.2) is 4.79 Å². The summed E-state index contributed by atoms with van der Waals surface area (Å²) in [6.07, 6.45) is 63.8. The number of rotatable bonds is 49. The van der Waals surface area contributed by atoms with Gasteiger partial charge in [0.15, 0.2) is 12.1 Å². The molecular weight excluding hydrogens is 835 g/mol. The van der Waals surface area contributed by atoms with Gasteiger partial charge in [0.1, 0.15) is 6.61 Å². The monoisotopic (exact) mass is 939 g/mol. The van der Waals surface area contributed by atoms with Gasteiger partial charge in [-0.15, -0.1) is 0 Å². The van der Waals surface area contributed by atoms with Gasteiger partial charge in [-0.2, -0.15) is 0 Å². The Labute approximate surface area is 412 Å². The van der Waals surface area contributed by atoms with Crippen molar-refractivity contribution in [2.75, 3.05) is 41.0 Å². The minimum Gasteiger partial charge on any atom is -0.477 e. The molecule has 0 aliphatic carbocycles. The van der Waals surface area contributed by atoms with Crippen LogP contribution in [0.3, 0.4) is 0 Å². The highest BCUT2D eigenvalue weighted by atomic mass is 16.6. The number of hydrogen-bond acceptors (Lipinski definition) is 6. The first-order valence-corrected chi connectivity index (χ1v) is 27.5. The van der Waals surface area contributed by atoms with Crippen LogP contribution < -0.4 is 0 Å². The van der Waals surface area contributed by atoms with Gasteiger partial charge >= 0.3 is 17.9 Å². The summed E-state index contributed by atoms with van der Waals surface area (Å²) in [5.41, 5.74) is 0. The van der Waals surface area contributed by atoms with E-state index in [-0.39, 0.29) is 36.2 Å². The van der Waals surface area contributed by atoms with Crippen molar-refractivity contribution in [1.29, 1.82) is 0 Å². The van der Waals surface area contributed by atoms with Crippen LogP contribution in [0.15, 0.2) is 72.9 Å². The number of nitrogens with zero attached hydrogens (tertiary/aromatic N) is 1. The summed E-state index contributed by atoms with van der Waals surface area (Å²) >= 11 is 0. The molecule has 0 aromatic rings. The van der Waals surface area contributed by atoms with Crippen molar-refractivity contribution in [2.45, 2.75) is 244 Å². The molecular formula is C59H104NO7+. The van der Waals surface area contributed by atoms with Gasteiger partial charge in [-0.3, -0.25) is 9.59 Å². The number of likely N-dealkylation sites (N-methyl/N-ethyl adjacent to an activating group) is 1. The highest BCUT2D eigenvalue weighted by molar-refractivity contribution is 5.72. The average Bonchev–Trinajstić information content (AvgIpc) is 3.29. The summed E-state index contributed by atoms with van der Waals surface area (Å²) in [5.74, 6) is -1.47. The fraction of sp³-hybridized carbons (Fsp3) is 0.746. The summed E-state index contributed by atoms with van der Waals surface area (Å²) in [4.78, 5) is 37.3. The SMILES string of the molecule is CC/C=C/C/C=C/C/C=C/CCCCCCCCCCCCCC(=O)OC(COCCC(C(=O)O)[N+](C)(C)C)COC(=O)CCCCCCCCCCC/C=C/C/C=C/C/C=C/CCCCC. The molecule has 0 aromatic heterocycles. The molecule has 0 saturated heterocycles. The van der Waals surface area contributed by atoms with Crippen LogP contribution in [0.4, 0.5) is 0 Å². The van der Waals surface area contributed by atoms with Crippen LogP contribution in [-0.2, 0) is 28.6 Å². The third kappa shape index (κ3) is 47.6. The van der Waals surface area contributed by atoms with Gasteiger partial charge in [-0.05, 0) is 83.5 Å². The van der Waals surface area contributed by atoms with Crippen LogP contribution >= 0.6 is 0 Å². The number of esters is 2. The maximum absolute atomic E-state index is 12.8. The lowest BCUT2D eigenvalue weighted by Gasteiger charge is -2.31. The summed E-state index contributed by atoms with van der Waals surface area (Å²) in [7, 11) is 5.54. The van der Waals surface area contributed by atoms with E-state index in [1.165, 1.54) is 128 Å². The third-order valence-corrected chi connectivity index (χ3v) is 12.1. The van der Waals surface area contributed by atoms with Crippen LogP contribution in [0.2, 0.25) is 0 Å². The molecule has 2 atom stereocenters. The zero-order valence-corrected chi connectivity index (χ0v) is 44.1. The number of hydrogen-bond donors (Lipinski definition) is 1. The van der Waals surface area contributed by atoms with E-state index >= 15 is 0 Å². The molecule has 0 spiro atoms. The van der Waals surface area contributed by atoms with Gasteiger partial charge in [-0.1, -0.05) is 202 Å². The Hall–Kier alpha value is -3.23. The molecule has 0 fully saturated rings. The van der Waals surface area contributed by atoms with E-state index in [0.717, 1.165) is 70.6 Å². The molecule has 0 amide bonds. The molecule has 1 N–H and O–H groups in total. The van der Waals surface area contributed by atoms with E-state index in [2.05, 4.69) is 86.8 Å². The Bertz CT molecular complexity index is 1320. The summed E-state index contributed by atoms with van der Waals surface area (Å²) in [5, 5.41) is 9.67. The average molecular weight is 939 g/mol. The minimum absolute atomic E-state index is 0.0564. The smallest absolute Gasteiger partial charge is 0.362 e. The Morgan fingerprint density at radius 2 is 0.836 bits per heavy atom. The van der Waals surface area contributed by atoms with Crippen molar-refractivity contribution < 1.29 is 38.2 Å². The quantitative estimate of drug-likeness (QED) is 0.0281. The second kappa shape index (κ2) is 49.2. The third-order valence-electron chi connectivity index (χ3n) is 12.1. The Morgan fingerprint density at radius 3 is 1.24 bits per heavy atom. The molecule has 0 bridgehead atoms. The van der Waals surface area contributed by atoms with E-state index in [0.29, 0.717) is 19.3 Å². The highest BCUT2D eigenvalue weighted by Crippen LogP contribution is 2.16. The van der Waals surface area contributed by atoms with Crippen LogP contribution in [0, 0.1) is 0 Å². The second-order valence-corrected chi connectivity index (χ2v) is 19.5. The van der Waals surface area contributed by atoms with Crippen molar-refractivity contribution >= 4 is 17.9 Å². The lowest BCUT2D eigenvalue weighted by Crippen LogP contribution is -2.50. The Kier molecular flexibility index (Phi) is 46.8. The van der Waals surface area contributed by atoms with Crippen molar-refractivity contribution in [3.05, 3.63) is 72.9 Å². The van der Waals surface area contributed by atoms with Crippen LogP contribution in [0.25, 0.3) is 0 Å². The molecule has 0 radical (unpaired) electrons. The fourth-order valence-electron chi connectivity index (χ4n) is 7.88. The standard InChI is InChI=1S/C59H103NO7/c1-6-8-10-12-14-16-18-20-22-24-26-28-30-31-33-35-37-39-41-43-45-47-49-57(61)66-54-55(53-65-52-51-56(59(63)64)60(3,4)5)67-58(62)50-48-46-44-42-40-38-36-34-32-29-27-25-23-21-19-17-15-13-11-9-7-2/h9,11,14-17,20-23,26,28,55-56H,6-8,10,12-13,18-19,24-25,27,29-54H2,1-5H3/p+1/b11-9+,16-14+,17-15+,22-20+,23-21+,28-26+.